The number of carbonyl (C=O) groups excluding carboxylic acids is 1. The number of hydrogen-bond acceptors (Lipinski definition) is 4. The molecule has 2 fully saturated rings. The number of carbonyl (C=O) groups is 1. The van der Waals surface area contributed by atoms with Crippen LogP contribution in [-0.4, -0.2) is 70.0 Å². The van der Waals surface area contributed by atoms with E-state index in [9.17, 15) is 4.79 Å². The van der Waals surface area contributed by atoms with Crippen molar-refractivity contribution >= 4 is 11.7 Å². The van der Waals surface area contributed by atoms with E-state index in [1.807, 2.05) is 6.07 Å². The molecule has 0 aliphatic carbocycles. The van der Waals surface area contributed by atoms with Gasteiger partial charge in [0.2, 0.25) is 0 Å². The molecule has 3 rings (SSSR count). The number of para-hydroxylation sites is 1. The van der Waals surface area contributed by atoms with E-state index in [1.54, 1.807) is 7.11 Å². The van der Waals surface area contributed by atoms with Crippen LogP contribution in [0.4, 0.5) is 10.5 Å². The monoisotopic (exact) mass is 346 g/mol. The highest BCUT2D eigenvalue weighted by Crippen LogP contribution is 2.19. The molecule has 0 spiro atoms. The van der Waals surface area contributed by atoms with Crippen LogP contribution in [-0.2, 0) is 4.74 Å². The first-order valence-corrected chi connectivity index (χ1v) is 9.30. The molecule has 2 aliphatic heterocycles. The molecule has 2 atom stereocenters. The SMILES string of the molecule is COCCN1CC[C@H](CNC(=O)N[C@H]2CCN(c3ccccc3)C2)C1. The van der Waals surface area contributed by atoms with Crippen LogP contribution in [0.25, 0.3) is 0 Å². The highest BCUT2D eigenvalue weighted by molar-refractivity contribution is 5.74. The molecule has 2 heterocycles. The molecule has 0 aromatic heterocycles. The number of nitrogens with zero attached hydrogens (tertiary/aromatic N) is 2. The largest absolute Gasteiger partial charge is 0.383 e. The van der Waals surface area contributed by atoms with Gasteiger partial charge in [0.1, 0.15) is 0 Å². The van der Waals surface area contributed by atoms with Gasteiger partial charge in [0.25, 0.3) is 0 Å². The molecule has 138 valence electrons. The highest BCUT2D eigenvalue weighted by Gasteiger charge is 2.25. The van der Waals surface area contributed by atoms with Gasteiger partial charge >= 0.3 is 6.03 Å². The lowest BCUT2D eigenvalue weighted by molar-refractivity contribution is 0.159. The Hall–Kier alpha value is -1.79. The van der Waals surface area contributed by atoms with Crippen LogP contribution in [0, 0.1) is 5.92 Å². The third-order valence-electron chi connectivity index (χ3n) is 5.18. The van der Waals surface area contributed by atoms with Crippen LogP contribution in [0.3, 0.4) is 0 Å². The topological polar surface area (TPSA) is 56.8 Å². The van der Waals surface area contributed by atoms with Gasteiger partial charge in [-0.3, -0.25) is 0 Å². The fourth-order valence-electron chi connectivity index (χ4n) is 3.73. The van der Waals surface area contributed by atoms with Gasteiger partial charge in [-0.25, -0.2) is 4.79 Å². The first kappa shape index (κ1) is 18.0. The zero-order valence-corrected chi connectivity index (χ0v) is 15.1. The zero-order chi connectivity index (χ0) is 17.5. The lowest BCUT2D eigenvalue weighted by Gasteiger charge is -2.19. The van der Waals surface area contributed by atoms with E-state index in [-0.39, 0.29) is 12.1 Å². The van der Waals surface area contributed by atoms with Gasteiger partial charge in [0, 0.05) is 51.6 Å². The summed E-state index contributed by atoms with van der Waals surface area (Å²) in [6, 6.07) is 10.6. The maximum atomic E-state index is 12.2. The highest BCUT2D eigenvalue weighted by atomic mass is 16.5. The number of hydrogen-bond donors (Lipinski definition) is 2. The number of benzene rings is 1. The summed E-state index contributed by atoms with van der Waals surface area (Å²) in [6.45, 7) is 6.54. The van der Waals surface area contributed by atoms with Crippen LogP contribution >= 0.6 is 0 Å². The third kappa shape index (κ3) is 5.34. The number of nitrogens with one attached hydrogen (secondary N) is 2. The second kappa shape index (κ2) is 9.06. The van der Waals surface area contributed by atoms with E-state index in [2.05, 4.69) is 44.7 Å². The maximum absolute atomic E-state index is 12.2. The Morgan fingerprint density at radius 2 is 2.04 bits per heavy atom. The van der Waals surface area contributed by atoms with Crippen molar-refractivity contribution in [2.24, 2.45) is 5.92 Å². The minimum absolute atomic E-state index is 0.0322. The van der Waals surface area contributed by atoms with Crippen molar-refractivity contribution in [1.82, 2.24) is 15.5 Å². The Bertz CT molecular complexity index is 539. The van der Waals surface area contributed by atoms with Gasteiger partial charge in [0.05, 0.1) is 6.61 Å². The molecule has 2 amide bonds. The van der Waals surface area contributed by atoms with E-state index in [0.717, 1.165) is 58.7 Å². The smallest absolute Gasteiger partial charge is 0.315 e. The summed E-state index contributed by atoms with van der Waals surface area (Å²) >= 11 is 0. The summed E-state index contributed by atoms with van der Waals surface area (Å²) in [5.74, 6) is 0.548. The molecule has 2 saturated heterocycles. The molecule has 0 saturated carbocycles. The number of amides is 2. The molecular weight excluding hydrogens is 316 g/mol. The first-order valence-electron chi connectivity index (χ1n) is 9.30. The summed E-state index contributed by atoms with van der Waals surface area (Å²) in [5, 5.41) is 6.18. The number of urea groups is 1. The van der Waals surface area contributed by atoms with Crippen molar-refractivity contribution in [3.63, 3.8) is 0 Å². The minimum atomic E-state index is -0.0322. The molecule has 2 N–H and O–H groups in total. The van der Waals surface area contributed by atoms with Crippen LogP contribution in [0.5, 0.6) is 0 Å². The molecule has 2 aliphatic rings. The van der Waals surface area contributed by atoms with Crippen molar-refractivity contribution in [2.75, 3.05) is 57.9 Å². The molecule has 25 heavy (non-hydrogen) atoms. The lowest BCUT2D eigenvalue weighted by atomic mass is 10.1. The van der Waals surface area contributed by atoms with Crippen molar-refractivity contribution in [2.45, 2.75) is 18.9 Å². The van der Waals surface area contributed by atoms with E-state index < -0.39 is 0 Å². The number of ether oxygens (including phenoxy) is 1. The number of methoxy groups -OCH3 is 1. The molecule has 0 bridgehead atoms. The number of rotatable bonds is 7. The summed E-state index contributed by atoms with van der Waals surface area (Å²) < 4.78 is 5.13. The van der Waals surface area contributed by atoms with Crippen LogP contribution < -0.4 is 15.5 Å². The predicted molar refractivity (Wildman–Crippen MR) is 100 cm³/mol. The Morgan fingerprint density at radius 3 is 2.84 bits per heavy atom. The van der Waals surface area contributed by atoms with Gasteiger partial charge in [0.15, 0.2) is 0 Å². The fraction of sp³-hybridized carbons (Fsp3) is 0.632. The Balaban J connectivity index is 1.34. The van der Waals surface area contributed by atoms with E-state index in [1.165, 1.54) is 5.69 Å². The Labute approximate surface area is 150 Å². The molecule has 6 nitrogen and oxygen atoms in total. The minimum Gasteiger partial charge on any atom is -0.383 e. The van der Waals surface area contributed by atoms with Crippen molar-refractivity contribution in [3.8, 4) is 0 Å². The second-order valence-electron chi connectivity index (χ2n) is 7.07. The zero-order valence-electron chi connectivity index (χ0n) is 15.1. The first-order chi connectivity index (χ1) is 12.2. The van der Waals surface area contributed by atoms with Crippen LogP contribution in [0.2, 0.25) is 0 Å². The maximum Gasteiger partial charge on any atom is 0.315 e. The molecule has 1 aromatic carbocycles. The van der Waals surface area contributed by atoms with Gasteiger partial charge in [-0.15, -0.1) is 0 Å². The summed E-state index contributed by atoms with van der Waals surface area (Å²) in [7, 11) is 1.74. The normalized spacial score (nSPS) is 23.8. The standard InChI is InChI=1S/C19H30N4O2/c1-25-12-11-22-9-7-16(14-22)13-20-19(24)21-17-8-10-23(15-17)18-5-3-2-4-6-18/h2-6,16-17H,7-15H2,1H3,(H2,20,21,24)/t16-,17+/m1/s1. The summed E-state index contributed by atoms with van der Waals surface area (Å²) in [5.41, 5.74) is 1.23. The number of likely N-dealkylation sites (tertiary alicyclic amines) is 1. The van der Waals surface area contributed by atoms with E-state index >= 15 is 0 Å². The third-order valence-corrected chi connectivity index (χ3v) is 5.18. The van der Waals surface area contributed by atoms with Crippen LogP contribution in [0.1, 0.15) is 12.8 Å². The molecule has 0 radical (unpaired) electrons. The molecule has 6 heteroatoms. The van der Waals surface area contributed by atoms with Gasteiger partial charge in [-0.2, -0.15) is 0 Å². The van der Waals surface area contributed by atoms with Gasteiger partial charge < -0.3 is 25.2 Å². The summed E-state index contributed by atoms with van der Waals surface area (Å²) in [4.78, 5) is 16.9. The van der Waals surface area contributed by atoms with Gasteiger partial charge in [-0.05, 0) is 37.4 Å². The van der Waals surface area contributed by atoms with E-state index in [4.69, 9.17) is 4.74 Å². The molecule has 0 unspecified atom stereocenters. The molecule has 1 aromatic rings. The quantitative estimate of drug-likeness (QED) is 0.786. The van der Waals surface area contributed by atoms with Crippen molar-refractivity contribution in [3.05, 3.63) is 30.3 Å². The fourth-order valence-corrected chi connectivity index (χ4v) is 3.73. The Kier molecular flexibility index (Phi) is 6.53. The average molecular weight is 346 g/mol. The Morgan fingerprint density at radius 1 is 1.20 bits per heavy atom. The predicted octanol–water partition coefficient (Wildman–Crippen LogP) is 1.53. The van der Waals surface area contributed by atoms with E-state index in [0.29, 0.717) is 5.92 Å². The van der Waals surface area contributed by atoms with Crippen molar-refractivity contribution in [1.29, 1.82) is 0 Å². The van der Waals surface area contributed by atoms with Crippen molar-refractivity contribution < 1.29 is 9.53 Å². The average Bonchev–Trinajstić information content (AvgIpc) is 3.28. The van der Waals surface area contributed by atoms with Crippen LogP contribution in [0.15, 0.2) is 30.3 Å². The summed E-state index contributed by atoms with van der Waals surface area (Å²) in [6.07, 6.45) is 2.14. The number of anilines is 1. The second-order valence-corrected chi connectivity index (χ2v) is 7.07. The van der Waals surface area contributed by atoms with Gasteiger partial charge in [-0.1, -0.05) is 18.2 Å². The lowest BCUT2D eigenvalue weighted by Crippen LogP contribution is -2.45. The molecular formula is C19H30N4O2.